The van der Waals surface area contributed by atoms with E-state index in [1.165, 1.54) is 18.4 Å². The number of imidazole rings is 1. The zero-order valence-electron chi connectivity index (χ0n) is 19.8. The van der Waals surface area contributed by atoms with Crippen molar-refractivity contribution in [1.29, 1.82) is 0 Å². The first-order valence-corrected chi connectivity index (χ1v) is 12.2. The maximum absolute atomic E-state index is 13.3. The Bertz CT molecular complexity index is 1460. The number of hydrogen-bond acceptors (Lipinski definition) is 7. The smallest absolute Gasteiger partial charge is 0.254 e. The first-order valence-electron chi connectivity index (χ1n) is 12.2. The minimum absolute atomic E-state index is 0.0819. The van der Waals surface area contributed by atoms with Crippen molar-refractivity contribution in [1.82, 2.24) is 39.4 Å². The number of piperidine rings is 1. The average Bonchev–Trinajstić information content (AvgIpc) is 3.26. The first-order chi connectivity index (χ1) is 17.0. The van der Waals surface area contributed by atoms with Gasteiger partial charge in [-0.2, -0.15) is 0 Å². The zero-order chi connectivity index (χ0) is 23.7. The Morgan fingerprint density at radius 3 is 2.86 bits per heavy atom. The van der Waals surface area contributed by atoms with E-state index in [2.05, 4.69) is 30.2 Å². The molecule has 1 saturated heterocycles. The van der Waals surface area contributed by atoms with Crippen LogP contribution in [0, 0.1) is 18.8 Å². The van der Waals surface area contributed by atoms with Crippen LogP contribution in [0.25, 0.3) is 11.0 Å². The van der Waals surface area contributed by atoms with Gasteiger partial charge in [0.1, 0.15) is 12.0 Å². The predicted molar refractivity (Wildman–Crippen MR) is 129 cm³/mol. The van der Waals surface area contributed by atoms with Crippen LogP contribution < -0.4 is 10.2 Å². The van der Waals surface area contributed by atoms with Gasteiger partial charge in [-0.1, -0.05) is 0 Å². The lowest BCUT2D eigenvalue weighted by molar-refractivity contribution is 0.0937. The SMILES string of the molecule is Cc1nc(N2CC3CC3C2)ncc1Cn1cc(C(=O)N[C@@H]2CCc3c2ncn3C)c2cncnc21. The van der Waals surface area contributed by atoms with Crippen LogP contribution in [0.2, 0.25) is 0 Å². The third-order valence-corrected chi connectivity index (χ3v) is 7.85. The van der Waals surface area contributed by atoms with E-state index in [9.17, 15) is 4.79 Å². The van der Waals surface area contributed by atoms with Gasteiger partial charge >= 0.3 is 0 Å². The fraction of sp³-hybridized carbons (Fsp3) is 0.440. The van der Waals surface area contributed by atoms with Crippen LogP contribution in [-0.4, -0.2) is 53.1 Å². The van der Waals surface area contributed by atoms with E-state index < -0.39 is 0 Å². The number of fused-ring (bicyclic) bond motifs is 3. The van der Waals surface area contributed by atoms with Crippen LogP contribution in [-0.2, 0) is 20.0 Å². The normalized spacial score (nSPS) is 22.5. The molecule has 10 heteroatoms. The third-order valence-electron chi connectivity index (χ3n) is 7.85. The standard InChI is InChI=1S/C25H27N9O/c1-14-17(6-27-25(30-14)34-8-15-5-16(15)9-34)10-33-11-19(18-7-26-12-28-23(18)33)24(35)31-20-3-4-21-22(20)29-13-32(21)2/h6-7,11-13,15-16,20H,3-5,8-10H2,1-2H3,(H,31,35)/t15?,16?,20-/m1/s1. The Kier molecular flexibility index (Phi) is 4.46. The van der Waals surface area contributed by atoms with Crippen LogP contribution in [0.3, 0.4) is 0 Å². The number of aryl methyl sites for hydroxylation is 2. The number of hydrogen-bond donors (Lipinski definition) is 1. The van der Waals surface area contributed by atoms with E-state index in [0.717, 1.165) is 71.7 Å². The van der Waals surface area contributed by atoms with Crippen molar-refractivity contribution >= 4 is 22.9 Å². The molecule has 1 saturated carbocycles. The second-order valence-corrected chi connectivity index (χ2v) is 10.1. The minimum Gasteiger partial charge on any atom is -0.344 e. The summed E-state index contributed by atoms with van der Waals surface area (Å²) in [6.45, 7) is 4.70. The summed E-state index contributed by atoms with van der Waals surface area (Å²) in [5, 5.41) is 3.91. The molecule has 3 aliphatic rings. The molecule has 1 N–H and O–H groups in total. The van der Waals surface area contributed by atoms with Gasteiger partial charge in [0.05, 0.1) is 35.6 Å². The van der Waals surface area contributed by atoms with Crippen molar-refractivity contribution in [3.63, 3.8) is 0 Å². The van der Waals surface area contributed by atoms with Gasteiger partial charge < -0.3 is 19.4 Å². The highest BCUT2D eigenvalue weighted by molar-refractivity contribution is 6.06. The predicted octanol–water partition coefficient (Wildman–Crippen LogP) is 2.18. The van der Waals surface area contributed by atoms with Gasteiger partial charge in [0, 0.05) is 55.7 Å². The maximum Gasteiger partial charge on any atom is 0.254 e. The number of nitrogens with zero attached hydrogens (tertiary/aromatic N) is 8. The van der Waals surface area contributed by atoms with E-state index in [1.807, 2.05) is 41.8 Å². The molecule has 10 nitrogen and oxygen atoms in total. The largest absolute Gasteiger partial charge is 0.344 e. The Hall–Kier alpha value is -3.82. The number of amides is 1. The monoisotopic (exact) mass is 469 g/mol. The molecule has 0 spiro atoms. The number of anilines is 1. The molecule has 1 aliphatic heterocycles. The van der Waals surface area contributed by atoms with Crippen molar-refractivity contribution in [2.45, 2.75) is 38.8 Å². The van der Waals surface area contributed by atoms with E-state index in [1.54, 1.807) is 6.20 Å². The van der Waals surface area contributed by atoms with Crippen molar-refractivity contribution in [2.75, 3.05) is 18.0 Å². The maximum atomic E-state index is 13.3. The first kappa shape index (κ1) is 20.5. The third kappa shape index (κ3) is 3.38. The van der Waals surface area contributed by atoms with Crippen LogP contribution >= 0.6 is 0 Å². The lowest BCUT2D eigenvalue weighted by atomic mass is 10.2. The molecule has 178 valence electrons. The van der Waals surface area contributed by atoms with Gasteiger partial charge in [-0.3, -0.25) is 4.79 Å². The van der Waals surface area contributed by atoms with Crippen molar-refractivity contribution < 1.29 is 4.79 Å². The van der Waals surface area contributed by atoms with Gasteiger partial charge in [0.2, 0.25) is 5.95 Å². The van der Waals surface area contributed by atoms with Crippen molar-refractivity contribution in [2.24, 2.45) is 18.9 Å². The van der Waals surface area contributed by atoms with Gasteiger partial charge in [-0.15, -0.1) is 0 Å². The highest BCUT2D eigenvalue weighted by Crippen LogP contribution is 2.45. The number of carbonyl (C=O) groups is 1. The molecule has 4 aromatic rings. The average molecular weight is 470 g/mol. The molecule has 0 radical (unpaired) electrons. The molecular weight excluding hydrogens is 442 g/mol. The van der Waals surface area contributed by atoms with Crippen LogP contribution in [0.15, 0.2) is 31.2 Å². The van der Waals surface area contributed by atoms with E-state index in [4.69, 9.17) is 4.98 Å². The number of nitrogens with one attached hydrogen (secondary N) is 1. The topological polar surface area (TPSA) is 107 Å². The lowest BCUT2D eigenvalue weighted by Gasteiger charge is -2.18. The summed E-state index contributed by atoms with van der Waals surface area (Å²) < 4.78 is 4.02. The van der Waals surface area contributed by atoms with Crippen LogP contribution in [0.4, 0.5) is 5.95 Å². The zero-order valence-corrected chi connectivity index (χ0v) is 19.8. The molecule has 2 unspecified atom stereocenters. The number of aromatic nitrogens is 7. The van der Waals surface area contributed by atoms with Gasteiger partial charge in [-0.05, 0) is 38.0 Å². The highest BCUT2D eigenvalue weighted by atomic mass is 16.1. The fourth-order valence-electron chi connectivity index (χ4n) is 5.73. The summed E-state index contributed by atoms with van der Waals surface area (Å²) in [5.41, 5.74) is 5.39. The number of carbonyl (C=O) groups excluding carboxylic acids is 1. The molecule has 5 heterocycles. The second kappa shape index (κ2) is 7.59. The second-order valence-electron chi connectivity index (χ2n) is 10.1. The van der Waals surface area contributed by atoms with E-state index in [-0.39, 0.29) is 11.9 Å². The molecule has 1 amide bonds. The molecule has 2 fully saturated rings. The number of rotatable bonds is 5. The van der Waals surface area contributed by atoms with E-state index in [0.29, 0.717) is 12.1 Å². The molecule has 4 aromatic heterocycles. The van der Waals surface area contributed by atoms with Gasteiger partial charge in [-0.25, -0.2) is 24.9 Å². The summed E-state index contributed by atoms with van der Waals surface area (Å²) in [4.78, 5) is 38.3. The highest BCUT2D eigenvalue weighted by Gasteiger charge is 2.45. The van der Waals surface area contributed by atoms with Gasteiger partial charge in [0.25, 0.3) is 5.91 Å². The molecule has 0 aromatic carbocycles. The fourth-order valence-corrected chi connectivity index (χ4v) is 5.73. The molecule has 3 atom stereocenters. The summed E-state index contributed by atoms with van der Waals surface area (Å²) >= 11 is 0. The summed E-state index contributed by atoms with van der Waals surface area (Å²) in [6, 6.07) is -0.0819. The summed E-state index contributed by atoms with van der Waals surface area (Å²) in [6.07, 6.45) is 11.9. The molecular formula is C25H27N9O. The molecule has 7 rings (SSSR count). The summed E-state index contributed by atoms with van der Waals surface area (Å²) in [7, 11) is 1.99. The molecule has 35 heavy (non-hydrogen) atoms. The Labute approximate surface area is 202 Å². The lowest BCUT2D eigenvalue weighted by Crippen LogP contribution is -2.27. The van der Waals surface area contributed by atoms with Crippen molar-refractivity contribution in [3.8, 4) is 0 Å². The molecule has 2 aliphatic carbocycles. The van der Waals surface area contributed by atoms with Crippen molar-refractivity contribution in [3.05, 3.63) is 59.5 Å². The Morgan fingerprint density at radius 1 is 1.17 bits per heavy atom. The Morgan fingerprint density at radius 2 is 2.03 bits per heavy atom. The summed E-state index contributed by atoms with van der Waals surface area (Å²) in [5.74, 6) is 2.36. The van der Waals surface area contributed by atoms with E-state index >= 15 is 0 Å². The minimum atomic E-state index is -0.136. The van der Waals surface area contributed by atoms with Crippen LogP contribution in [0.5, 0.6) is 0 Å². The van der Waals surface area contributed by atoms with Crippen LogP contribution in [0.1, 0.15) is 51.9 Å². The quantitative estimate of drug-likeness (QED) is 0.477. The Balaban J connectivity index is 1.15. The van der Waals surface area contributed by atoms with Gasteiger partial charge in [0.15, 0.2) is 0 Å². The molecule has 0 bridgehead atoms.